The highest BCUT2D eigenvalue weighted by Crippen LogP contribution is 2.36. The summed E-state index contributed by atoms with van der Waals surface area (Å²) < 4.78 is 24.8. The first-order valence-electron chi connectivity index (χ1n) is 8.96. The van der Waals surface area contributed by atoms with E-state index in [1.165, 1.54) is 16.9 Å². The summed E-state index contributed by atoms with van der Waals surface area (Å²) in [5.74, 6) is -0.723. The van der Waals surface area contributed by atoms with Crippen molar-refractivity contribution in [3.8, 4) is 0 Å². The fraction of sp³-hybridized carbons (Fsp3) is 0.300. The molecule has 0 unspecified atom stereocenters. The Morgan fingerprint density at radius 3 is 2.56 bits per heavy atom. The number of fused-ring (bicyclic) bond motifs is 1. The summed E-state index contributed by atoms with van der Waals surface area (Å²) >= 11 is 1.44. The number of para-hydroxylation sites is 1. The summed E-state index contributed by atoms with van der Waals surface area (Å²) in [4.78, 5) is 19.5. The SMILES string of the molecule is CCc1ccc(N(C(=O)[C@H]2CCS(=O)(=O)C2)c2nc3ccccc3s2)cc1. The molecular weight excluding hydrogens is 380 g/mol. The summed E-state index contributed by atoms with van der Waals surface area (Å²) in [6, 6.07) is 15.5. The lowest BCUT2D eigenvalue weighted by molar-refractivity contribution is -0.120. The van der Waals surface area contributed by atoms with E-state index in [1.807, 2.05) is 48.5 Å². The van der Waals surface area contributed by atoms with Gasteiger partial charge in [-0.1, -0.05) is 42.5 Å². The normalized spacial score (nSPS) is 18.6. The van der Waals surface area contributed by atoms with Gasteiger partial charge in [-0.15, -0.1) is 0 Å². The number of aryl methyl sites for hydroxylation is 1. The van der Waals surface area contributed by atoms with Crippen LogP contribution in [0.15, 0.2) is 48.5 Å². The Morgan fingerprint density at radius 1 is 1.19 bits per heavy atom. The molecule has 0 spiro atoms. The van der Waals surface area contributed by atoms with Crippen molar-refractivity contribution in [3.05, 3.63) is 54.1 Å². The minimum Gasteiger partial charge on any atom is -0.274 e. The van der Waals surface area contributed by atoms with Gasteiger partial charge in [-0.25, -0.2) is 13.4 Å². The number of thiazole rings is 1. The van der Waals surface area contributed by atoms with Crippen LogP contribution in [0.25, 0.3) is 10.2 Å². The van der Waals surface area contributed by atoms with Crippen molar-refractivity contribution in [3.63, 3.8) is 0 Å². The number of carbonyl (C=O) groups excluding carboxylic acids is 1. The standard InChI is InChI=1S/C20H20N2O3S2/c1-2-14-7-9-16(10-8-14)22(19(23)15-11-12-27(24,25)13-15)20-21-17-5-3-4-6-18(17)26-20/h3-10,15H,2,11-13H2,1H3/t15-/m0/s1. The second-order valence-corrected chi connectivity index (χ2v) is 10.00. The predicted molar refractivity (Wildman–Crippen MR) is 109 cm³/mol. The molecule has 2 aromatic carbocycles. The number of anilines is 2. The number of nitrogens with zero attached hydrogens (tertiary/aromatic N) is 2. The third-order valence-corrected chi connectivity index (χ3v) is 7.67. The Morgan fingerprint density at radius 2 is 1.93 bits per heavy atom. The molecule has 140 valence electrons. The zero-order valence-electron chi connectivity index (χ0n) is 15.0. The Balaban J connectivity index is 1.77. The van der Waals surface area contributed by atoms with E-state index in [2.05, 4.69) is 11.9 Å². The van der Waals surface area contributed by atoms with Gasteiger partial charge < -0.3 is 0 Å². The molecule has 0 radical (unpaired) electrons. The van der Waals surface area contributed by atoms with Crippen molar-refractivity contribution in [1.82, 2.24) is 4.98 Å². The molecule has 1 fully saturated rings. The summed E-state index contributed by atoms with van der Waals surface area (Å²) in [5, 5.41) is 0.578. The first kappa shape index (κ1) is 18.1. The van der Waals surface area contributed by atoms with Crippen LogP contribution in [0.2, 0.25) is 0 Å². The van der Waals surface area contributed by atoms with Crippen molar-refractivity contribution in [2.75, 3.05) is 16.4 Å². The van der Waals surface area contributed by atoms with Gasteiger partial charge in [0.15, 0.2) is 15.0 Å². The summed E-state index contributed by atoms with van der Waals surface area (Å²) in [7, 11) is -3.14. The van der Waals surface area contributed by atoms with Gasteiger partial charge in [0.05, 0.1) is 33.3 Å². The average Bonchev–Trinajstić information content (AvgIpc) is 3.25. The van der Waals surface area contributed by atoms with E-state index in [1.54, 1.807) is 4.90 Å². The molecule has 1 atom stereocenters. The quantitative estimate of drug-likeness (QED) is 0.665. The zero-order valence-corrected chi connectivity index (χ0v) is 16.6. The molecule has 7 heteroatoms. The molecule has 3 aromatic rings. The van der Waals surface area contributed by atoms with E-state index in [4.69, 9.17) is 0 Å². The van der Waals surface area contributed by atoms with Crippen molar-refractivity contribution in [2.24, 2.45) is 5.92 Å². The molecule has 1 saturated heterocycles. The van der Waals surface area contributed by atoms with Gasteiger partial charge in [0, 0.05) is 0 Å². The van der Waals surface area contributed by atoms with Gasteiger partial charge in [0.2, 0.25) is 5.91 Å². The van der Waals surface area contributed by atoms with Crippen molar-refractivity contribution in [2.45, 2.75) is 19.8 Å². The van der Waals surface area contributed by atoms with Crippen molar-refractivity contribution >= 4 is 48.1 Å². The number of hydrogen-bond acceptors (Lipinski definition) is 5. The molecule has 2 heterocycles. The van der Waals surface area contributed by atoms with E-state index in [0.29, 0.717) is 11.6 Å². The smallest absolute Gasteiger partial charge is 0.237 e. The van der Waals surface area contributed by atoms with Crippen LogP contribution in [-0.2, 0) is 21.1 Å². The summed E-state index contributed by atoms with van der Waals surface area (Å²) in [5.41, 5.74) is 2.74. The van der Waals surface area contributed by atoms with Crippen LogP contribution in [0.4, 0.5) is 10.8 Å². The van der Waals surface area contributed by atoms with Crippen LogP contribution in [0.3, 0.4) is 0 Å². The van der Waals surface area contributed by atoms with Crippen molar-refractivity contribution in [1.29, 1.82) is 0 Å². The molecule has 27 heavy (non-hydrogen) atoms. The van der Waals surface area contributed by atoms with Gasteiger partial charge in [0.25, 0.3) is 0 Å². The number of carbonyl (C=O) groups is 1. The Kier molecular flexibility index (Phi) is 4.74. The summed E-state index contributed by atoms with van der Waals surface area (Å²) in [6.45, 7) is 2.08. The van der Waals surface area contributed by atoms with Gasteiger partial charge in [-0.05, 0) is 42.7 Å². The Bertz CT molecular complexity index is 1050. The van der Waals surface area contributed by atoms with Gasteiger partial charge in [-0.3, -0.25) is 9.69 Å². The number of sulfone groups is 1. The van der Waals surface area contributed by atoms with E-state index in [-0.39, 0.29) is 17.4 Å². The Hall–Kier alpha value is -2.25. The van der Waals surface area contributed by atoms with Crippen LogP contribution in [0.1, 0.15) is 18.9 Å². The van der Waals surface area contributed by atoms with Crippen LogP contribution in [0.5, 0.6) is 0 Å². The fourth-order valence-corrected chi connectivity index (χ4v) is 6.07. The third-order valence-electron chi connectivity index (χ3n) is 4.88. The van der Waals surface area contributed by atoms with Crippen LogP contribution in [0, 0.1) is 5.92 Å². The number of hydrogen-bond donors (Lipinski definition) is 0. The molecule has 1 aromatic heterocycles. The highest BCUT2D eigenvalue weighted by Gasteiger charge is 2.37. The second kappa shape index (κ2) is 7.05. The first-order chi connectivity index (χ1) is 13.0. The highest BCUT2D eigenvalue weighted by molar-refractivity contribution is 7.91. The van der Waals surface area contributed by atoms with E-state index < -0.39 is 15.8 Å². The molecule has 0 N–H and O–H groups in total. The topological polar surface area (TPSA) is 67.3 Å². The van der Waals surface area contributed by atoms with E-state index in [9.17, 15) is 13.2 Å². The number of rotatable bonds is 4. The number of benzene rings is 2. The highest BCUT2D eigenvalue weighted by atomic mass is 32.2. The van der Waals surface area contributed by atoms with Crippen molar-refractivity contribution < 1.29 is 13.2 Å². The molecule has 1 aliphatic heterocycles. The lowest BCUT2D eigenvalue weighted by Crippen LogP contribution is -2.33. The van der Waals surface area contributed by atoms with Gasteiger partial charge >= 0.3 is 0 Å². The molecule has 1 amide bonds. The molecule has 5 nitrogen and oxygen atoms in total. The molecule has 0 saturated carbocycles. The van der Waals surface area contributed by atoms with Crippen LogP contribution < -0.4 is 4.90 Å². The van der Waals surface area contributed by atoms with Gasteiger partial charge in [0.1, 0.15) is 0 Å². The maximum atomic E-state index is 13.3. The van der Waals surface area contributed by atoms with E-state index >= 15 is 0 Å². The van der Waals surface area contributed by atoms with Gasteiger partial charge in [-0.2, -0.15) is 0 Å². The number of amides is 1. The lowest BCUT2D eigenvalue weighted by atomic mass is 10.1. The molecule has 0 bridgehead atoms. The molecule has 0 aliphatic carbocycles. The minimum atomic E-state index is -3.14. The predicted octanol–water partition coefficient (Wildman–Crippen LogP) is 3.96. The molecular formula is C20H20N2O3S2. The monoisotopic (exact) mass is 400 g/mol. The maximum Gasteiger partial charge on any atom is 0.237 e. The van der Waals surface area contributed by atoms with Crippen LogP contribution >= 0.6 is 11.3 Å². The largest absolute Gasteiger partial charge is 0.274 e. The average molecular weight is 401 g/mol. The first-order valence-corrected chi connectivity index (χ1v) is 11.6. The van der Waals surface area contributed by atoms with E-state index in [0.717, 1.165) is 22.3 Å². The lowest BCUT2D eigenvalue weighted by Gasteiger charge is -2.23. The molecule has 4 rings (SSSR count). The fourth-order valence-electron chi connectivity index (χ4n) is 3.34. The maximum absolute atomic E-state index is 13.3. The summed E-state index contributed by atoms with van der Waals surface area (Å²) in [6.07, 6.45) is 1.28. The Labute approximate surface area is 162 Å². The third kappa shape index (κ3) is 3.61. The minimum absolute atomic E-state index is 0.0753. The molecule has 1 aliphatic rings. The zero-order chi connectivity index (χ0) is 19.0. The number of aromatic nitrogens is 1. The van der Waals surface area contributed by atoms with Crippen LogP contribution in [-0.4, -0.2) is 30.8 Å². The second-order valence-electron chi connectivity index (χ2n) is 6.76.